The molecular weight excluding hydrogens is 246 g/mol. The van der Waals surface area contributed by atoms with E-state index < -0.39 is 0 Å². The Labute approximate surface area is 114 Å². The average Bonchev–Trinajstić information content (AvgIpc) is 2.32. The first-order valence-corrected chi connectivity index (χ1v) is 6.48. The molecule has 1 aliphatic rings. The second-order valence-corrected chi connectivity index (χ2v) is 5.87. The van der Waals surface area contributed by atoms with Crippen molar-refractivity contribution in [3.63, 3.8) is 0 Å². The first-order chi connectivity index (χ1) is 8.44. The highest BCUT2D eigenvalue weighted by molar-refractivity contribution is 6.30. The maximum absolute atomic E-state index is 9.21. The summed E-state index contributed by atoms with van der Waals surface area (Å²) in [7, 11) is 2.14. The minimum Gasteiger partial charge on any atom is -0.367 e. The van der Waals surface area contributed by atoms with Gasteiger partial charge in [0, 0.05) is 30.2 Å². The van der Waals surface area contributed by atoms with Crippen LogP contribution in [0, 0.1) is 11.3 Å². The molecule has 1 aromatic carbocycles. The van der Waals surface area contributed by atoms with E-state index in [1.165, 1.54) is 0 Å². The molecule has 0 N–H and O–H groups in total. The third-order valence-corrected chi connectivity index (χ3v) is 3.97. The van der Waals surface area contributed by atoms with Gasteiger partial charge in [-0.15, -0.1) is 0 Å². The molecule has 1 fully saturated rings. The summed E-state index contributed by atoms with van der Waals surface area (Å²) in [5, 5.41) is 9.82. The summed E-state index contributed by atoms with van der Waals surface area (Å²) < 4.78 is 0. The predicted molar refractivity (Wildman–Crippen MR) is 75.1 cm³/mol. The number of piperazine rings is 1. The van der Waals surface area contributed by atoms with Crippen molar-refractivity contribution >= 4 is 17.3 Å². The van der Waals surface area contributed by atoms with E-state index >= 15 is 0 Å². The third kappa shape index (κ3) is 2.45. The first kappa shape index (κ1) is 13.2. The Morgan fingerprint density at radius 1 is 1.33 bits per heavy atom. The van der Waals surface area contributed by atoms with Crippen molar-refractivity contribution in [1.82, 2.24) is 4.90 Å². The number of hydrogen-bond donors (Lipinski definition) is 0. The van der Waals surface area contributed by atoms with Gasteiger partial charge in [-0.05, 0) is 39.1 Å². The van der Waals surface area contributed by atoms with Gasteiger partial charge in [-0.1, -0.05) is 11.6 Å². The van der Waals surface area contributed by atoms with Crippen molar-refractivity contribution in [2.24, 2.45) is 0 Å². The molecule has 0 spiro atoms. The molecule has 0 aliphatic carbocycles. The molecular formula is C14H18ClN3. The second kappa shape index (κ2) is 4.79. The highest BCUT2D eigenvalue weighted by Crippen LogP contribution is 2.28. The molecule has 1 aromatic rings. The molecule has 4 heteroatoms. The zero-order valence-corrected chi connectivity index (χ0v) is 11.8. The Bertz CT molecular complexity index is 490. The molecule has 0 saturated carbocycles. The van der Waals surface area contributed by atoms with Crippen LogP contribution in [-0.4, -0.2) is 37.1 Å². The maximum Gasteiger partial charge on any atom is 0.101 e. The Morgan fingerprint density at radius 3 is 2.67 bits per heavy atom. The van der Waals surface area contributed by atoms with Gasteiger partial charge in [0.25, 0.3) is 0 Å². The summed E-state index contributed by atoms with van der Waals surface area (Å²) in [6.07, 6.45) is 0. The first-order valence-electron chi connectivity index (χ1n) is 6.10. The summed E-state index contributed by atoms with van der Waals surface area (Å²) >= 11 is 5.94. The minimum atomic E-state index is 0.116. The zero-order chi connectivity index (χ0) is 13.3. The normalized spacial score (nSPS) is 19.6. The molecule has 2 rings (SSSR count). The third-order valence-electron chi connectivity index (χ3n) is 3.74. The monoisotopic (exact) mass is 263 g/mol. The number of benzene rings is 1. The SMILES string of the molecule is CN1CCN(c2ccc(Cl)cc2C#N)CC1(C)C. The highest BCUT2D eigenvalue weighted by atomic mass is 35.5. The maximum atomic E-state index is 9.21. The summed E-state index contributed by atoms with van der Waals surface area (Å²) in [5.74, 6) is 0. The van der Waals surface area contributed by atoms with Gasteiger partial charge in [-0.25, -0.2) is 0 Å². The molecule has 1 saturated heterocycles. The van der Waals surface area contributed by atoms with E-state index in [4.69, 9.17) is 11.6 Å². The standard InChI is InChI=1S/C14H18ClN3/c1-14(2)10-18(7-6-17(14)3)13-5-4-12(15)8-11(13)9-16/h4-5,8H,6-7,10H2,1-3H3. The van der Waals surface area contributed by atoms with Gasteiger partial charge < -0.3 is 4.90 Å². The van der Waals surface area contributed by atoms with Gasteiger partial charge in [0.1, 0.15) is 6.07 Å². The Kier molecular flexibility index (Phi) is 3.52. The predicted octanol–water partition coefficient (Wildman–Crippen LogP) is 2.74. The number of hydrogen-bond acceptors (Lipinski definition) is 3. The second-order valence-electron chi connectivity index (χ2n) is 5.43. The summed E-state index contributed by atoms with van der Waals surface area (Å²) in [4.78, 5) is 4.63. The number of halogens is 1. The fraction of sp³-hybridized carbons (Fsp3) is 0.500. The zero-order valence-electron chi connectivity index (χ0n) is 11.1. The summed E-state index contributed by atoms with van der Waals surface area (Å²) in [6.45, 7) is 7.30. The van der Waals surface area contributed by atoms with Gasteiger partial charge in [0.2, 0.25) is 0 Å². The number of nitrogens with zero attached hydrogens (tertiary/aromatic N) is 3. The number of likely N-dealkylation sites (N-methyl/N-ethyl adjacent to an activating group) is 1. The van der Waals surface area contributed by atoms with Crippen LogP contribution >= 0.6 is 11.6 Å². The molecule has 3 nitrogen and oxygen atoms in total. The molecule has 0 unspecified atom stereocenters. The summed E-state index contributed by atoms with van der Waals surface area (Å²) in [6, 6.07) is 7.77. The van der Waals surface area contributed by atoms with Crippen LogP contribution in [0.3, 0.4) is 0 Å². The van der Waals surface area contributed by atoms with E-state index in [9.17, 15) is 5.26 Å². The molecule has 0 aromatic heterocycles. The van der Waals surface area contributed by atoms with Gasteiger partial charge in [-0.3, -0.25) is 4.90 Å². The average molecular weight is 264 g/mol. The lowest BCUT2D eigenvalue weighted by atomic mass is 9.98. The van der Waals surface area contributed by atoms with Crippen LogP contribution in [-0.2, 0) is 0 Å². The summed E-state index contributed by atoms with van der Waals surface area (Å²) in [5.41, 5.74) is 1.76. The van der Waals surface area contributed by atoms with Crippen LogP contribution in [0.15, 0.2) is 18.2 Å². The van der Waals surface area contributed by atoms with Crippen molar-refractivity contribution in [3.8, 4) is 6.07 Å². The fourth-order valence-corrected chi connectivity index (χ4v) is 2.49. The van der Waals surface area contributed by atoms with E-state index in [2.05, 4.69) is 36.8 Å². The van der Waals surface area contributed by atoms with Crippen LogP contribution in [0.1, 0.15) is 19.4 Å². The van der Waals surface area contributed by atoms with E-state index in [1.54, 1.807) is 6.07 Å². The van der Waals surface area contributed by atoms with Gasteiger partial charge >= 0.3 is 0 Å². The van der Waals surface area contributed by atoms with Crippen molar-refractivity contribution in [2.45, 2.75) is 19.4 Å². The molecule has 0 atom stereocenters. The Hall–Kier alpha value is -1.24. The lowest BCUT2D eigenvalue weighted by Gasteiger charge is -2.46. The Balaban J connectivity index is 2.31. The van der Waals surface area contributed by atoms with E-state index in [0.29, 0.717) is 10.6 Å². The van der Waals surface area contributed by atoms with Crippen molar-refractivity contribution in [1.29, 1.82) is 5.26 Å². The van der Waals surface area contributed by atoms with E-state index in [-0.39, 0.29) is 5.54 Å². The molecule has 1 heterocycles. The van der Waals surface area contributed by atoms with E-state index in [0.717, 1.165) is 25.3 Å². The molecule has 96 valence electrons. The van der Waals surface area contributed by atoms with Crippen LogP contribution in [0.25, 0.3) is 0 Å². The lowest BCUT2D eigenvalue weighted by Crippen LogP contribution is -2.57. The Morgan fingerprint density at radius 2 is 2.06 bits per heavy atom. The number of rotatable bonds is 1. The molecule has 0 bridgehead atoms. The van der Waals surface area contributed by atoms with Gasteiger partial charge in [0.05, 0.1) is 11.3 Å². The van der Waals surface area contributed by atoms with Crippen LogP contribution in [0.2, 0.25) is 5.02 Å². The van der Waals surface area contributed by atoms with Crippen molar-refractivity contribution in [3.05, 3.63) is 28.8 Å². The fourth-order valence-electron chi connectivity index (χ4n) is 2.32. The molecule has 0 radical (unpaired) electrons. The largest absolute Gasteiger partial charge is 0.367 e. The molecule has 0 amide bonds. The van der Waals surface area contributed by atoms with E-state index in [1.807, 2.05) is 12.1 Å². The molecule has 18 heavy (non-hydrogen) atoms. The highest BCUT2D eigenvalue weighted by Gasteiger charge is 2.31. The van der Waals surface area contributed by atoms with Gasteiger partial charge in [0.15, 0.2) is 0 Å². The van der Waals surface area contributed by atoms with Gasteiger partial charge in [-0.2, -0.15) is 5.26 Å². The topological polar surface area (TPSA) is 30.3 Å². The minimum absolute atomic E-state index is 0.116. The molecule has 1 aliphatic heterocycles. The van der Waals surface area contributed by atoms with Crippen LogP contribution < -0.4 is 4.90 Å². The van der Waals surface area contributed by atoms with Crippen molar-refractivity contribution in [2.75, 3.05) is 31.6 Å². The smallest absolute Gasteiger partial charge is 0.101 e. The quantitative estimate of drug-likeness (QED) is 0.781. The van der Waals surface area contributed by atoms with Crippen LogP contribution in [0.4, 0.5) is 5.69 Å². The number of anilines is 1. The number of nitriles is 1. The lowest BCUT2D eigenvalue weighted by molar-refractivity contribution is 0.139. The van der Waals surface area contributed by atoms with Crippen LogP contribution in [0.5, 0.6) is 0 Å². The van der Waals surface area contributed by atoms with Crippen molar-refractivity contribution < 1.29 is 0 Å².